The topological polar surface area (TPSA) is 183 Å². The highest BCUT2D eigenvalue weighted by molar-refractivity contribution is 5.87. The summed E-state index contributed by atoms with van der Waals surface area (Å²) in [4.78, 5) is 25.8. The van der Waals surface area contributed by atoms with Gasteiger partial charge in [-0.05, 0) is 33.3 Å². The Labute approximate surface area is 260 Å². The molecule has 8 rings (SSSR count). The van der Waals surface area contributed by atoms with Crippen LogP contribution in [0.2, 0.25) is 0 Å². The first kappa shape index (κ1) is 30.2. The molecule has 4 N–H and O–H groups in total. The largest absolute Gasteiger partial charge is 0.469 e. The van der Waals surface area contributed by atoms with Crippen LogP contribution < -0.4 is 0 Å². The molecule has 0 amide bonds. The van der Waals surface area contributed by atoms with Crippen LogP contribution in [0.1, 0.15) is 47.5 Å². The van der Waals surface area contributed by atoms with Crippen molar-refractivity contribution in [3.8, 4) is 0 Å². The van der Waals surface area contributed by atoms with Gasteiger partial charge in [-0.2, -0.15) is 0 Å². The summed E-state index contributed by atoms with van der Waals surface area (Å²) in [5, 5.41) is 47.3. The third kappa shape index (κ3) is 3.13. The zero-order chi connectivity index (χ0) is 32.1. The molecule has 1 spiro atoms. The van der Waals surface area contributed by atoms with E-state index in [2.05, 4.69) is 0 Å². The quantitative estimate of drug-likeness (QED) is 0.181. The number of hydrogen-bond donors (Lipinski definition) is 4. The number of fused-ring (bicyclic) bond motifs is 7. The molecule has 0 aromatic heterocycles. The lowest BCUT2D eigenvalue weighted by atomic mass is 9.38. The number of hydrogen-bond acceptors (Lipinski definition) is 13. The van der Waals surface area contributed by atoms with Gasteiger partial charge in [-0.15, -0.1) is 0 Å². The van der Waals surface area contributed by atoms with Crippen molar-refractivity contribution < 1.29 is 63.2 Å². The van der Waals surface area contributed by atoms with Crippen molar-refractivity contribution in [3.63, 3.8) is 0 Å². The number of ether oxygens (including phenoxy) is 7. The van der Waals surface area contributed by atoms with Crippen LogP contribution in [0.4, 0.5) is 0 Å². The fourth-order valence-corrected chi connectivity index (χ4v) is 11.6. The van der Waals surface area contributed by atoms with E-state index < -0.39 is 112 Å². The van der Waals surface area contributed by atoms with Crippen LogP contribution in [0, 0.1) is 34.0 Å². The highest BCUT2D eigenvalue weighted by Crippen LogP contribution is 2.82. The minimum atomic E-state index is -1.45. The Morgan fingerprint density at radius 2 is 1.80 bits per heavy atom. The van der Waals surface area contributed by atoms with Gasteiger partial charge in [0.15, 0.2) is 11.9 Å². The van der Waals surface area contributed by atoms with E-state index in [0.717, 1.165) is 0 Å². The summed E-state index contributed by atoms with van der Waals surface area (Å²) in [7, 11) is 0. The van der Waals surface area contributed by atoms with Crippen molar-refractivity contribution in [2.24, 2.45) is 34.0 Å². The molecule has 5 aliphatic heterocycles. The zero-order valence-electron chi connectivity index (χ0n) is 26.0. The van der Waals surface area contributed by atoms with Crippen molar-refractivity contribution in [3.05, 3.63) is 24.0 Å². The predicted octanol–water partition coefficient (Wildman–Crippen LogP) is 0.0730. The van der Waals surface area contributed by atoms with E-state index in [1.807, 2.05) is 13.8 Å². The van der Waals surface area contributed by atoms with Gasteiger partial charge in [0.1, 0.15) is 23.4 Å². The van der Waals surface area contributed by atoms with Crippen molar-refractivity contribution in [2.75, 3.05) is 19.8 Å². The van der Waals surface area contributed by atoms with Crippen molar-refractivity contribution >= 4 is 11.9 Å². The summed E-state index contributed by atoms with van der Waals surface area (Å²) in [5.74, 6) is -3.27. The lowest BCUT2D eigenvalue weighted by Gasteiger charge is -2.65. The van der Waals surface area contributed by atoms with Gasteiger partial charge in [-0.3, -0.25) is 4.79 Å². The summed E-state index contributed by atoms with van der Waals surface area (Å²) < 4.78 is 43.4. The van der Waals surface area contributed by atoms with E-state index in [4.69, 9.17) is 33.2 Å². The minimum absolute atomic E-state index is 0.0162. The smallest absolute Gasteiger partial charge is 0.333 e. The Hall–Kier alpha value is -2.10. The molecule has 16 unspecified atom stereocenters. The van der Waals surface area contributed by atoms with Crippen molar-refractivity contribution in [1.29, 1.82) is 0 Å². The molecule has 7 fully saturated rings. The second-order valence-corrected chi connectivity index (χ2v) is 14.9. The molecule has 0 aromatic rings. The van der Waals surface area contributed by atoms with E-state index in [0.29, 0.717) is 12.0 Å². The van der Waals surface area contributed by atoms with Gasteiger partial charge in [0.2, 0.25) is 6.29 Å². The number of aliphatic hydroxyl groups is 4. The number of esters is 2. The molecule has 45 heavy (non-hydrogen) atoms. The van der Waals surface area contributed by atoms with Gasteiger partial charge < -0.3 is 53.6 Å². The monoisotopic (exact) mass is 634 g/mol. The molecule has 16 atom stereocenters. The number of aliphatic hydroxyl groups excluding tert-OH is 3. The highest BCUT2D eigenvalue weighted by Gasteiger charge is 2.95. The first-order valence-corrected chi connectivity index (χ1v) is 15.9. The normalized spacial score (nSPS) is 58.2. The molecular formula is C32H42O13. The van der Waals surface area contributed by atoms with Crippen LogP contribution in [-0.2, 0) is 42.7 Å². The summed E-state index contributed by atoms with van der Waals surface area (Å²) in [6.45, 7) is 7.79. The Morgan fingerprint density at radius 3 is 2.49 bits per heavy atom. The molecule has 3 saturated carbocycles. The molecule has 4 saturated heterocycles. The van der Waals surface area contributed by atoms with Crippen molar-refractivity contribution in [2.45, 2.75) is 107 Å². The first-order chi connectivity index (χ1) is 21.2. The number of carbonyl (C=O) groups is 2. The SMILES string of the molecule is CC=C(C)C(=O)OC1CC(OC(C)=O)C2(CO)COC3C2C12COC(O)C2C(C)(C12OC1(C)C1CC2OC2OC=CC21O)C3O. The average molecular weight is 635 g/mol. The number of carbonyl (C=O) groups excluding carboxylic acids is 2. The van der Waals surface area contributed by atoms with E-state index >= 15 is 0 Å². The van der Waals surface area contributed by atoms with Gasteiger partial charge in [-0.1, -0.05) is 13.0 Å². The third-order valence-corrected chi connectivity index (χ3v) is 13.5. The molecule has 13 heteroatoms. The van der Waals surface area contributed by atoms with Crippen LogP contribution in [0.5, 0.6) is 0 Å². The fourth-order valence-electron chi connectivity index (χ4n) is 11.6. The number of allylic oxidation sites excluding steroid dienone is 1. The van der Waals surface area contributed by atoms with Crippen LogP contribution in [0.25, 0.3) is 0 Å². The standard InChI is InChI=1S/C32H42O13/c1-6-14(2)24(36)43-18-10-17(42-15(3)34)29(11-33)12-40-20-21(29)30(18)13-41-25(37)22(30)27(4,23(20)35)32-19-9-16(28(32,5)45-32)31(38)7-8-39-26(31)44-19/h6-8,16-23,25-26,33,35,37-38H,9-13H2,1-5H3. The lowest BCUT2D eigenvalue weighted by molar-refractivity contribution is -0.304. The maximum absolute atomic E-state index is 13.4. The molecular weight excluding hydrogens is 592 g/mol. The van der Waals surface area contributed by atoms with Crippen LogP contribution in [0.3, 0.4) is 0 Å². The molecule has 5 heterocycles. The summed E-state index contributed by atoms with van der Waals surface area (Å²) in [5.41, 5.74) is -7.05. The summed E-state index contributed by atoms with van der Waals surface area (Å²) >= 11 is 0. The molecule has 3 aliphatic carbocycles. The number of epoxide rings is 1. The maximum atomic E-state index is 13.4. The Morgan fingerprint density at radius 1 is 1.04 bits per heavy atom. The fraction of sp³-hybridized carbons (Fsp3) is 0.812. The molecule has 0 radical (unpaired) electrons. The molecule has 2 bridgehead atoms. The van der Waals surface area contributed by atoms with Gasteiger partial charge in [0, 0.05) is 47.5 Å². The third-order valence-electron chi connectivity index (χ3n) is 13.5. The van der Waals surface area contributed by atoms with E-state index in [9.17, 15) is 30.0 Å². The van der Waals surface area contributed by atoms with Crippen LogP contribution >= 0.6 is 0 Å². The van der Waals surface area contributed by atoms with E-state index in [1.165, 1.54) is 13.2 Å². The maximum Gasteiger partial charge on any atom is 0.333 e. The lowest BCUT2D eigenvalue weighted by Crippen LogP contribution is -2.77. The predicted molar refractivity (Wildman–Crippen MR) is 148 cm³/mol. The Balaban J connectivity index is 1.32. The molecule has 13 nitrogen and oxygen atoms in total. The first-order valence-electron chi connectivity index (χ1n) is 15.9. The second-order valence-electron chi connectivity index (χ2n) is 14.9. The van der Waals surface area contributed by atoms with Gasteiger partial charge in [-0.25, -0.2) is 4.79 Å². The average Bonchev–Trinajstić information content (AvgIpc) is 3.39. The van der Waals surface area contributed by atoms with E-state index in [1.54, 1.807) is 26.0 Å². The Kier molecular flexibility index (Phi) is 6.10. The second kappa shape index (κ2) is 9.07. The molecule has 0 aromatic carbocycles. The van der Waals surface area contributed by atoms with Crippen molar-refractivity contribution in [1.82, 2.24) is 0 Å². The van der Waals surface area contributed by atoms with Gasteiger partial charge in [0.25, 0.3) is 0 Å². The zero-order valence-corrected chi connectivity index (χ0v) is 26.0. The van der Waals surface area contributed by atoms with Gasteiger partial charge >= 0.3 is 11.9 Å². The van der Waals surface area contributed by atoms with E-state index in [-0.39, 0.29) is 19.6 Å². The molecule has 8 aliphatic rings. The van der Waals surface area contributed by atoms with Gasteiger partial charge in [0.05, 0.1) is 49.8 Å². The molecule has 248 valence electrons. The Bertz CT molecular complexity index is 1400. The summed E-state index contributed by atoms with van der Waals surface area (Å²) in [6, 6.07) is 0. The number of rotatable bonds is 5. The summed E-state index contributed by atoms with van der Waals surface area (Å²) in [6.07, 6.45) is -2.07. The van der Waals surface area contributed by atoms with Crippen LogP contribution in [-0.4, -0.2) is 112 Å². The highest BCUT2D eigenvalue weighted by atomic mass is 16.7. The van der Waals surface area contributed by atoms with Crippen LogP contribution in [0.15, 0.2) is 24.0 Å². The minimum Gasteiger partial charge on any atom is -0.469 e.